The molecule has 2 N–H and O–H groups in total. The zero-order valence-electron chi connectivity index (χ0n) is 11.6. The minimum Gasteiger partial charge on any atom is -0.330 e. The lowest BCUT2D eigenvalue weighted by Crippen LogP contribution is -2.27. The highest BCUT2D eigenvalue weighted by Crippen LogP contribution is 2.25. The molecule has 0 saturated carbocycles. The van der Waals surface area contributed by atoms with E-state index in [0.29, 0.717) is 13.0 Å². The molecule has 0 atom stereocenters. The van der Waals surface area contributed by atoms with Crippen molar-refractivity contribution in [1.29, 1.82) is 0 Å². The highest BCUT2D eigenvalue weighted by atomic mass is 16.1. The van der Waals surface area contributed by atoms with Crippen molar-refractivity contribution >= 4 is 5.78 Å². The van der Waals surface area contributed by atoms with Crippen molar-refractivity contribution in [2.45, 2.75) is 41.0 Å². The van der Waals surface area contributed by atoms with Gasteiger partial charge in [-0.15, -0.1) is 0 Å². The van der Waals surface area contributed by atoms with Crippen molar-refractivity contribution < 1.29 is 4.79 Å². The second-order valence-electron chi connectivity index (χ2n) is 5.74. The van der Waals surface area contributed by atoms with Crippen molar-refractivity contribution in [3.63, 3.8) is 0 Å². The first-order valence-electron chi connectivity index (χ1n) is 6.08. The summed E-state index contributed by atoms with van der Waals surface area (Å²) in [4.78, 5) is 12.3. The summed E-state index contributed by atoms with van der Waals surface area (Å²) < 4.78 is 0. The summed E-state index contributed by atoms with van der Waals surface area (Å²) in [6, 6.07) is 4.13. The number of nitrogens with two attached hydrogens (primary N) is 1. The predicted molar refractivity (Wildman–Crippen MR) is 72.4 cm³/mol. The zero-order valence-corrected chi connectivity index (χ0v) is 11.6. The van der Waals surface area contributed by atoms with Crippen molar-refractivity contribution in [2.75, 3.05) is 6.54 Å². The molecule has 17 heavy (non-hydrogen) atoms. The molecular formula is C15H23NO. The van der Waals surface area contributed by atoms with Crippen molar-refractivity contribution in [3.05, 3.63) is 34.4 Å². The van der Waals surface area contributed by atoms with Crippen LogP contribution in [0.3, 0.4) is 0 Å². The van der Waals surface area contributed by atoms with E-state index in [-0.39, 0.29) is 11.2 Å². The van der Waals surface area contributed by atoms with Crippen LogP contribution in [0.2, 0.25) is 0 Å². The van der Waals surface area contributed by atoms with E-state index in [1.165, 1.54) is 5.56 Å². The van der Waals surface area contributed by atoms with Crippen LogP contribution in [0.4, 0.5) is 0 Å². The Labute approximate surface area is 104 Å². The maximum absolute atomic E-state index is 12.3. The van der Waals surface area contributed by atoms with E-state index in [0.717, 1.165) is 16.7 Å². The Morgan fingerprint density at radius 3 is 2.06 bits per heavy atom. The molecule has 0 bridgehead atoms. The number of rotatable bonds is 4. The quantitative estimate of drug-likeness (QED) is 0.812. The van der Waals surface area contributed by atoms with Crippen molar-refractivity contribution in [1.82, 2.24) is 0 Å². The third-order valence-corrected chi connectivity index (χ3v) is 3.15. The highest BCUT2D eigenvalue weighted by molar-refractivity contribution is 5.99. The fourth-order valence-corrected chi connectivity index (χ4v) is 2.22. The van der Waals surface area contributed by atoms with Crippen LogP contribution >= 0.6 is 0 Å². The first-order valence-corrected chi connectivity index (χ1v) is 6.08. The lowest BCUT2D eigenvalue weighted by atomic mass is 9.83. The lowest BCUT2D eigenvalue weighted by molar-refractivity contribution is 0.0933. The molecule has 1 rings (SSSR count). The standard InChI is InChI=1S/C15H23NO/c1-10-6-11(2)14(12(3)7-10)13(17)8-15(4,5)9-16/h6-7H,8-9,16H2,1-5H3. The van der Waals surface area contributed by atoms with Gasteiger partial charge in [-0.2, -0.15) is 0 Å². The molecule has 0 saturated heterocycles. The fourth-order valence-electron chi connectivity index (χ4n) is 2.22. The smallest absolute Gasteiger partial charge is 0.163 e. The van der Waals surface area contributed by atoms with Gasteiger partial charge in [-0.1, -0.05) is 31.5 Å². The molecule has 0 fully saturated rings. The molecule has 0 aliphatic heterocycles. The maximum atomic E-state index is 12.3. The minimum atomic E-state index is -0.124. The van der Waals surface area contributed by atoms with Crippen LogP contribution in [0.15, 0.2) is 12.1 Å². The Morgan fingerprint density at radius 2 is 1.65 bits per heavy atom. The van der Waals surface area contributed by atoms with Crippen LogP contribution in [0.25, 0.3) is 0 Å². The van der Waals surface area contributed by atoms with Gasteiger partial charge in [0.15, 0.2) is 5.78 Å². The number of carbonyl (C=O) groups is 1. The molecule has 2 heteroatoms. The second kappa shape index (κ2) is 5.01. The van der Waals surface area contributed by atoms with Crippen LogP contribution < -0.4 is 5.73 Å². The van der Waals surface area contributed by atoms with E-state index < -0.39 is 0 Å². The summed E-state index contributed by atoms with van der Waals surface area (Å²) in [7, 11) is 0. The summed E-state index contributed by atoms with van der Waals surface area (Å²) in [5.41, 5.74) is 9.77. The Balaban J connectivity index is 3.05. The SMILES string of the molecule is Cc1cc(C)c(C(=O)CC(C)(C)CN)c(C)c1. The summed E-state index contributed by atoms with van der Waals surface area (Å²) in [6.45, 7) is 10.7. The molecule has 2 nitrogen and oxygen atoms in total. The molecule has 0 aliphatic carbocycles. The molecule has 0 heterocycles. The number of hydrogen-bond donors (Lipinski definition) is 1. The maximum Gasteiger partial charge on any atom is 0.163 e. The summed E-state index contributed by atoms with van der Waals surface area (Å²) in [6.07, 6.45) is 0.508. The summed E-state index contributed by atoms with van der Waals surface area (Å²) in [5.74, 6) is 0.204. The normalized spacial score (nSPS) is 11.6. The molecule has 0 aromatic heterocycles. The molecule has 1 aromatic rings. The van der Waals surface area contributed by atoms with Gasteiger partial charge in [0, 0.05) is 12.0 Å². The predicted octanol–water partition coefficient (Wildman–Crippen LogP) is 3.17. The summed E-state index contributed by atoms with van der Waals surface area (Å²) in [5, 5.41) is 0. The largest absolute Gasteiger partial charge is 0.330 e. The average molecular weight is 233 g/mol. The number of carbonyl (C=O) groups excluding carboxylic acids is 1. The van der Waals surface area contributed by atoms with E-state index in [1.54, 1.807) is 0 Å². The van der Waals surface area contributed by atoms with Gasteiger partial charge in [-0.3, -0.25) is 4.79 Å². The van der Waals surface area contributed by atoms with E-state index in [2.05, 4.69) is 19.1 Å². The van der Waals surface area contributed by atoms with Gasteiger partial charge in [0.05, 0.1) is 0 Å². The Kier molecular flexibility index (Phi) is 4.10. The molecule has 94 valence electrons. The molecule has 0 spiro atoms. The van der Waals surface area contributed by atoms with Gasteiger partial charge in [0.25, 0.3) is 0 Å². The van der Waals surface area contributed by atoms with Gasteiger partial charge < -0.3 is 5.73 Å². The number of benzene rings is 1. The lowest BCUT2D eigenvalue weighted by Gasteiger charge is -2.22. The average Bonchev–Trinajstić information content (AvgIpc) is 2.14. The monoisotopic (exact) mass is 233 g/mol. The molecule has 1 aromatic carbocycles. The van der Waals surface area contributed by atoms with E-state index in [1.807, 2.05) is 27.7 Å². The van der Waals surface area contributed by atoms with Gasteiger partial charge in [0.1, 0.15) is 0 Å². The van der Waals surface area contributed by atoms with Crippen LogP contribution in [0.1, 0.15) is 47.3 Å². The van der Waals surface area contributed by atoms with Crippen LogP contribution in [0, 0.1) is 26.2 Å². The number of Topliss-reactive ketones (excluding diaryl/α,β-unsaturated/α-hetero) is 1. The Hall–Kier alpha value is -1.15. The molecule has 0 amide bonds. The minimum absolute atomic E-state index is 0.124. The van der Waals surface area contributed by atoms with Gasteiger partial charge in [-0.25, -0.2) is 0 Å². The summed E-state index contributed by atoms with van der Waals surface area (Å²) >= 11 is 0. The molecular weight excluding hydrogens is 210 g/mol. The van der Waals surface area contributed by atoms with E-state index >= 15 is 0 Å². The van der Waals surface area contributed by atoms with E-state index in [9.17, 15) is 4.79 Å². The van der Waals surface area contributed by atoms with Gasteiger partial charge in [0.2, 0.25) is 0 Å². The molecule has 0 aliphatic rings. The van der Waals surface area contributed by atoms with Crippen LogP contribution in [-0.2, 0) is 0 Å². The number of ketones is 1. The first kappa shape index (κ1) is 13.9. The first-order chi connectivity index (χ1) is 7.76. The van der Waals surface area contributed by atoms with Gasteiger partial charge >= 0.3 is 0 Å². The molecule has 0 radical (unpaired) electrons. The highest BCUT2D eigenvalue weighted by Gasteiger charge is 2.23. The second-order valence-corrected chi connectivity index (χ2v) is 5.74. The third-order valence-electron chi connectivity index (χ3n) is 3.15. The van der Waals surface area contributed by atoms with Gasteiger partial charge in [-0.05, 0) is 43.9 Å². The third kappa shape index (κ3) is 3.40. The van der Waals surface area contributed by atoms with Crippen LogP contribution in [-0.4, -0.2) is 12.3 Å². The van der Waals surface area contributed by atoms with Crippen molar-refractivity contribution in [2.24, 2.45) is 11.1 Å². The molecule has 0 unspecified atom stereocenters. The fraction of sp³-hybridized carbons (Fsp3) is 0.533. The Bertz CT molecular complexity index is 410. The zero-order chi connectivity index (χ0) is 13.2. The number of aryl methyl sites for hydroxylation is 3. The van der Waals surface area contributed by atoms with Crippen molar-refractivity contribution in [3.8, 4) is 0 Å². The topological polar surface area (TPSA) is 43.1 Å². The van der Waals surface area contributed by atoms with E-state index in [4.69, 9.17) is 5.73 Å². The Morgan fingerprint density at radius 1 is 1.18 bits per heavy atom. The number of hydrogen-bond acceptors (Lipinski definition) is 2. The van der Waals surface area contributed by atoms with Crippen LogP contribution in [0.5, 0.6) is 0 Å².